The normalized spacial score (nSPS) is 11.4. The Kier molecular flexibility index (Phi) is 17.5. The SMILES string of the molecule is CCCCCCCCCCCCN(C)CCCCCCl. The molecular weight excluding hydrogens is 266 g/mol. The second kappa shape index (κ2) is 17.3. The molecular formula is C18H38ClN. The second-order valence-corrected chi connectivity index (χ2v) is 6.61. The monoisotopic (exact) mass is 303 g/mol. The lowest BCUT2D eigenvalue weighted by molar-refractivity contribution is 0.316. The van der Waals surface area contributed by atoms with E-state index in [1.807, 2.05) is 0 Å². The van der Waals surface area contributed by atoms with Gasteiger partial charge in [-0.2, -0.15) is 0 Å². The summed E-state index contributed by atoms with van der Waals surface area (Å²) in [6, 6.07) is 0. The number of alkyl halides is 1. The molecule has 0 aromatic heterocycles. The van der Waals surface area contributed by atoms with Crippen molar-refractivity contribution < 1.29 is 0 Å². The first-order valence-corrected chi connectivity index (χ1v) is 9.59. The Bertz CT molecular complexity index is 173. The number of halogens is 1. The molecule has 0 saturated heterocycles. The number of hydrogen-bond acceptors (Lipinski definition) is 1. The highest BCUT2D eigenvalue weighted by molar-refractivity contribution is 6.17. The number of hydrogen-bond donors (Lipinski definition) is 0. The molecule has 0 unspecified atom stereocenters. The van der Waals surface area contributed by atoms with Gasteiger partial charge in [0.2, 0.25) is 0 Å². The van der Waals surface area contributed by atoms with Crippen molar-refractivity contribution in [1.29, 1.82) is 0 Å². The Morgan fingerprint density at radius 1 is 0.600 bits per heavy atom. The minimum absolute atomic E-state index is 0.822. The van der Waals surface area contributed by atoms with E-state index in [1.54, 1.807) is 0 Å². The molecule has 0 aliphatic heterocycles. The molecule has 0 aliphatic rings. The zero-order chi connectivity index (χ0) is 14.9. The first-order chi connectivity index (χ1) is 9.81. The van der Waals surface area contributed by atoms with Gasteiger partial charge in [0.15, 0.2) is 0 Å². The van der Waals surface area contributed by atoms with E-state index in [-0.39, 0.29) is 0 Å². The second-order valence-electron chi connectivity index (χ2n) is 6.23. The Morgan fingerprint density at radius 3 is 1.45 bits per heavy atom. The predicted molar refractivity (Wildman–Crippen MR) is 93.9 cm³/mol. The number of rotatable bonds is 16. The van der Waals surface area contributed by atoms with Crippen LogP contribution in [0.4, 0.5) is 0 Å². The third kappa shape index (κ3) is 16.3. The maximum Gasteiger partial charge on any atom is 0.0223 e. The van der Waals surface area contributed by atoms with Crippen molar-refractivity contribution in [2.24, 2.45) is 0 Å². The van der Waals surface area contributed by atoms with Gasteiger partial charge in [0.05, 0.1) is 0 Å². The van der Waals surface area contributed by atoms with Crippen LogP contribution in [-0.4, -0.2) is 30.9 Å². The average Bonchev–Trinajstić information content (AvgIpc) is 2.45. The summed E-state index contributed by atoms with van der Waals surface area (Å²) in [5.41, 5.74) is 0. The molecule has 2 heteroatoms. The van der Waals surface area contributed by atoms with Crippen LogP contribution in [0.15, 0.2) is 0 Å². The first-order valence-electron chi connectivity index (χ1n) is 9.05. The van der Waals surface area contributed by atoms with Crippen molar-refractivity contribution >= 4 is 11.6 Å². The lowest BCUT2D eigenvalue weighted by Crippen LogP contribution is -2.20. The fraction of sp³-hybridized carbons (Fsp3) is 1.00. The summed E-state index contributed by atoms with van der Waals surface area (Å²) >= 11 is 5.68. The third-order valence-corrected chi connectivity index (χ3v) is 4.33. The molecule has 0 rings (SSSR count). The van der Waals surface area contributed by atoms with Crippen LogP contribution in [0.5, 0.6) is 0 Å². The van der Waals surface area contributed by atoms with Gasteiger partial charge in [0, 0.05) is 5.88 Å². The molecule has 1 nitrogen and oxygen atoms in total. The van der Waals surface area contributed by atoms with Gasteiger partial charge in [-0.3, -0.25) is 0 Å². The summed E-state index contributed by atoms with van der Waals surface area (Å²) in [6.45, 7) is 4.81. The topological polar surface area (TPSA) is 3.24 Å². The van der Waals surface area contributed by atoms with Crippen molar-refractivity contribution in [1.82, 2.24) is 4.90 Å². The summed E-state index contributed by atoms with van der Waals surface area (Å²) in [5, 5.41) is 0. The maximum absolute atomic E-state index is 5.68. The van der Waals surface area contributed by atoms with Crippen molar-refractivity contribution in [2.45, 2.75) is 90.4 Å². The van der Waals surface area contributed by atoms with Gasteiger partial charge in [-0.1, -0.05) is 71.1 Å². The van der Waals surface area contributed by atoms with E-state index in [0.717, 1.165) is 5.88 Å². The molecule has 0 bridgehead atoms. The Hall–Kier alpha value is 0.250. The van der Waals surface area contributed by atoms with E-state index in [0.29, 0.717) is 0 Å². The van der Waals surface area contributed by atoms with E-state index < -0.39 is 0 Å². The van der Waals surface area contributed by atoms with Gasteiger partial charge in [0.25, 0.3) is 0 Å². The van der Waals surface area contributed by atoms with Crippen LogP contribution in [0.25, 0.3) is 0 Å². The minimum atomic E-state index is 0.822. The van der Waals surface area contributed by atoms with Gasteiger partial charge < -0.3 is 4.90 Å². The maximum atomic E-state index is 5.68. The summed E-state index contributed by atoms with van der Waals surface area (Å²) in [4.78, 5) is 2.49. The molecule has 20 heavy (non-hydrogen) atoms. The van der Waals surface area contributed by atoms with E-state index in [9.17, 15) is 0 Å². The highest BCUT2D eigenvalue weighted by Crippen LogP contribution is 2.10. The molecule has 0 radical (unpaired) electrons. The first kappa shape index (κ1) is 20.2. The molecule has 0 heterocycles. The summed E-state index contributed by atoms with van der Waals surface area (Å²) < 4.78 is 0. The molecule has 0 spiro atoms. The number of unbranched alkanes of at least 4 members (excludes halogenated alkanes) is 11. The van der Waals surface area contributed by atoms with E-state index in [4.69, 9.17) is 11.6 Å². The van der Waals surface area contributed by atoms with Gasteiger partial charge >= 0.3 is 0 Å². The van der Waals surface area contributed by atoms with Crippen molar-refractivity contribution in [2.75, 3.05) is 26.0 Å². The summed E-state index contributed by atoms with van der Waals surface area (Å²) in [6.07, 6.45) is 18.1. The van der Waals surface area contributed by atoms with E-state index in [1.165, 1.54) is 96.6 Å². The Morgan fingerprint density at radius 2 is 1.00 bits per heavy atom. The van der Waals surface area contributed by atoms with E-state index >= 15 is 0 Å². The summed E-state index contributed by atoms with van der Waals surface area (Å²) in [7, 11) is 2.26. The third-order valence-electron chi connectivity index (χ3n) is 4.07. The largest absolute Gasteiger partial charge is 0.306 e. The van der Waals surface area contributed by atoms with Crippen LogP contribution in [-0.2, 0) is 0 Å². The molecule has 0 amide bonds. The van der Waals surface area contributed by atoms with Crippen LogP contribution in [0.2, 0.25) is 0 Å². The van der Waals surface area contributed by atoms with Crippen LogP contribution in [0.3, 0.4) is 0 Å². The molecule has 0 fully saturated rings. The van der Waals surface area contributed by atoms with Crippen LogP contribution < -0.4 is 0 Å². The highest BCUT2D eigenvalue weighted by atomic mass is 35.5. The molecule has 0 aromatic carbocycles. The Balaban J connectivity index is 3.07. The van der Waals surface area contributed by atoms with Crippen LogP contribution >= 0.6 is 11.6 Å². The Labute approximate surface area is 133 Å². The fourth-order valence-corrected chi connectivity index (χ4v) is 2.82. The fourth-order valence-electron chi connectivity index (χ4n) is 2.63. The van der Waals surface area contributed by atoms with Gasteiger partial charge in [-0.15, -0.1) is 11.6 Å². The predicted octanol–water partition coefficient (Wildman–Crippen LogP) is 6.25. The molecule has 122 valence electrons. The number of nitrogens with zero attached hydrogens (tertiary/aromatic N) is 1. The van der Waals surface area contributed by atoms with E-state index in [2.05, 4.69) is 18.9 Å². The van der Waals surface area contributed by atoms with Gasteiger partial charge in [0.1, 0.15) is 0 Å². The molecule has 0 saturated carbocycles. The highest BCUT2D eigenvalue weighted by Gasteiger charge is 1.98. The van der Waals surface area contributed by atoms with Crippen molar-refractivity contribution in [3.63, 3.8) is 0 Å². The molecule has 0 atom stereocenters. The molecule has 0 aliphatic carbocycles. The van der Waals surface area contributed by atoms with Crippen molar-refractivity contribution in [3.8, 4) is 0 Å². The zero-order valence-corrected chi connectivity index (χ0v) is 14.9. The van der Waals surface area contributed by atoms with Crippen LogP contribution in [0.1, 0.15) is 90.4 Å². The average molecular weight is 304 g/mol. The van der Waals surface area contributed by atoms with Crippen molar-refractivity contribution in [3.05, 3.63) is 0 Å². The quantitative estimate of drug-likeness (QED) is 0.241. The van der Waals surface area contributed by atoms with Gasteiger partial charge in [-0.05, 0) is 39.4 Å². The van der Waals surface area contributed by atoms with Crippen LogP contribution in [0, 0.1) is 0 Å². The zero-order valence-electron chi connectivity index (χ0n) is 14.1. The molecule has 0 N–H and O–H groups in total. The standard InChI is InChI=1S/C18H38ClN/c1-3-4-5-6-7-8-9-10-11-14-17-20(2)18-15-12-13-16-19/h3-18H2,1-2H3. The minimum Gasteiger partial charge on any atom is -0.306 e. The molecule has 0 aromatic rings. The smallest absolute Gasteiger partial charge is 0.0223 e. The lowest BCUT2D eigenvalue weighted by Gasteiger charge is -2.16. The summed E-state index contributed by atoms with van der Waals surface area (Å²) in [5.74, 6) is 0.822. The lowest BCUT2D eigenvalue weighted by atomic mass is 10.1. The van der Waals surface area contributed by atoms with Gasteiger partial charge in [-0.25, -0.2) is 0 Å².